The number of alkyl halides is 3. The van der Waals surface area contributed by atoms with E-state index in [2.05, 4.69) is 5.32 Å². The van der Waals surface area contributed by atoms with Gasteiger partial charge in [-0.05, 0) is 11.6 Å². The Morgan fingerprint density at radius 2 is 1.96 bits per heavy atom. The number of pyridine rings is 1. The maximum atomic E-state index is 13.4. The second kappa shape index (κ2) is 6.25. The summed E-state index contributed by atoms with van der Waals surface area (Å²) in [5.74, 6) is -2.73. The van der Waals surface area contributed by atoms with Crippen molar-refractivity contribution in [2.75, 3.05) is 5.32 Å². The number of amides is 1. The van der Waals surface area contributed by atoms with Crippen molar-refractivity contribution >= 4 is 34.8 Å². The molecule has 2 heterocycles. The molecule has 0 radical (unpaired) electrons. The summed E-state index contributed by atoms with van der Waals surface area (Å²) in [6, 6.07) is 1.65. The van der Waals surface area contributed by atoms with E-state index in [1.807, 2.05) is 0 Å². The number of anilines is 1. The summed E-state index contributed by atoms with van der Waals surface area (Å²) < 4.78 is 55.3. The molecule has 2 aromatic rings. The molecule has 0 unspecified atom stereocenters. The monoisotopic (exact) mass is 372 g/mol. The first kappa shape index (κ1) is 17.4. The highest BCUT2D eigenvalue weighted by molar-refractivity contribution is 6.41. The van der Waals surface area contributed by atoms with Crippen molar-refractivity contribution < 1.29 is 26.8 Å². The highest BCUT2D eigenvalue weighted by Gasteiger charge is 2.29. The fourth-order valence-corrected chi connectivity index (χ4v) is 1.90. The first-order chi connectivity index (χ1) is 10.6. The third kappa shape index (κ3) is 4.26. The Bertz CT molecular complexity index is 794. The minimum Gasteiger partial charge on any atom is -0.438 e. The van der Waals surface area contributed by atoms with Gasteiger partial charge in [-0.15, -0.1) is 0 Å². The molecule has 1 N–H and O–H groups in total. The third-order valence-corrected chi connectivity index (χ3v) is 3.18. The summed E-state index contributed by atoms with van der Waals surface area (Å²) in [6.07, 6.45) is -4.08. The van der Waals surface area contributed by atoms with Gasteiger partial charge >= 0.3 is 6.18 Å². The van der Waals surface area contributed by atoms with Crippen LogP contribution in [-0.4, -0.2) is 16.7 Å². The first-order valence-electron chi connectivity index (χ1n) is 5.80. The molecule has 0 aromatic carbocycles. The number of carbonyl (C=O) groups is 1. The zero-order valence-electron chi connectivity index (χ0n) is 10.9. The second-order valence-electron chi connectivity index (χ2n) is 4.31. The normalized spacial score (nSPS) is 11.6. The summed E-state index contributed by atoms with van der Waals surface area (Å²) in [5, 5.41) is 1.77. The minimum absolute atomic E-state index is 0.0509. The largest absolute Gasteiger partial charge is 0.438 e. The van der Waals surface area contributed by atoms with Crippen LogP contribution in [0.3, 0.4) is 0 Å². The fourth-order valence-electron chi connectivity index (χ4n) is 1.63. The lowest BCUT2D eigenvalue weighted by molar-refractivity contribution is -0.141. The van der Waals surface area contributed by atoms with Crippen LogP contribution in [0.15, 0.2) is 27.5 Å². The molecule has 23 heavy (non-hydrogen) atoms. The molecule has 1 amide bonds. The summed E-state index contributed by atoms with van der Waals surface area (Å²) in [7, 11) is 0. The van der Waals surface area contributed by atoms with Gasteiger partial charge in [0.25, 0.3) is 11.5 Å². The van der Waals surface area contributed by atoms with Crippen LogP contribution in [0.5, 0.6) is 0 Å². The number of rotatable bonds is 3. The van der Waals surface area contributed by atoms with E-state index in [1.165, 1.54) is 0 Å². The van der Waals surface area contributed by atoms with Crippen LogP contribution >= 0.6 is 23.2 Å². The molecule has 2 aromatic heterocycles. The van der Waals surface area contributed by atoms with E-state index in [4.69, 9.17) is 27.6 Å². The summed E-state index contributed by atoms with van der Waals surface area (Å²) in [5.41, 5.74) is -1.84. The van der Waals surface area contributed by atoms with E-state index >= 15 is 0 Å². The van der Waals surface area contributed by atoms with Crippen molar-refractivity contribution in [3.8, 4) is 0 Å². The Balaban J connectivity index is 2.29. The summed E-state index contributed by atoms with van der Waals surface area (Å²) in [6.45, 7) is -1.70. The molecule has 0 spiro atoms. The van der Waals surface area contributed by atoms with Crippen molar-refractivity contribution in [3.63, 3.8) is 0 Å². The molecule has 0 fully saturated rings. The van der Waals surface area contributed by atoms with Gasteiger partial charge in [0, 0.05) is 18.3 Å². The van der Waals surface area contributed by atoms with Crippen LogP contribution in [0, 0.1) is 5.82 Å². The zero-order valence-corrected chi connectivity index (χ0v) is 12.4. The lowest BCUT2D eigenvalue weighted by atomic mass is 10.3. The number of aromatic nitrogens is 1. The molecule has 0 aliphatic carbocycles. The van der Waals surface area contributed by atoms with E-state index in [9.17, 15) is 27.2 Å². The van der Waals surface area contributed by atoms with Crippen molar-refractivity contribution in [2.45, 2.75) is 12.7 Å². The molecule has 0 aliphatic heterocycles. The first-order valence-corrected chi connectivity index (χ1v) is 6.55. The highest BCUT2D eigenvalue weighted by Crippen LogP contribution is 2.26. The molecule has 0 atom stereocenters. The SMILES string of the molecule is O=C(Nc1cc(F)c(=O)n(CC(F)(F)F)c1)c1cc(Cl)c(Cl)o1. The van der Waals surface area contributed by atoms with Gasteiger partial charge in [0.05, 0.1) is 10.7 Å². The van der Waals surface area contributed by atoms with Gasteiger partial charge in [-0.1, -0.05) is 11.6 Å². The molecule has 0 bridgehead atoms. The lowest BCUT2D eigenvalue weighted by Crippen LogP contribution is -2.30. The molecule has 0 saturated heterocycles. The molecule has 11 heteroatoms. The molecule has 0 saturated carbocycles. The van der Waals surface area contributed by atoms with Gasteiger partial charge in [0.15, 0.2) is 11.6 Å². The van der Waals surface area contributed by atoms with Gasteiger partial charge < -0.3 is 14.3 Å². The molecular formula is C12H6Cl2F4N2O3. The van der Waals surface area contributed by atoms with Gasteiger partial charge in [-0.2, -0.15) is 13.2 Å². The summed E-state index contributed by atoms with van der Waals surface area (Å²) >= 11 is 11.1. The average molecular weight is 373 g/mol. The zero-order chi connectivity index (χ0) is 17.4. The number of hydrogen-bond acceptors (Lipinski definition) is 3. The minimum atomic E-state index is -4.74. The molecule has 5 nitrogen and oxygen atoms in total. The van der Waals surface area contributed by atoms with Crippen LogP contribution in [0.2, 0.25) is 10.2 Å². The Kier molecular flexibility index (Phi) is 4.71. The lowest BCUT2D eigenvalue weighted by Gasteiger charge is -2.11. The molecule has 0 aliphatic rings. The highest BCUT2D eigenvalue weighted by atomic mass is 35.5. The van der Waals surface area contributed by atoms with Gasteiger partial charge in [0.2, 0.25) is 5.22 Å². The van der Waals surface area contributed by atoms with E-state index < -0.39 is 30.0 Å². The fraction of sp³-hybridized carbons (Fsp3) is 0.167. The number of nitrogens with one attached hydrogen (secondary N) is 1. The van der Waals surface area contributed by atoms with Crippen molar-refractivity contribution in [2.24, 2.45) is 0 Å². The van der Waals surface area contributed by atoms with Gasteiger partial charge in [-0.3, -0.25) is 9.59 Å². The smallest absolute Gasteiger partial charge is 0.406 e. The van der Waals surface area contributed by atoms with Crippen LogP contribution in [-0.2, 0) is 6.54 Å². The van der Waals surface area contributed by atoms with Crippen molar-refractivity contribution in [1.29, 1.82) is 0 Å². The molecular weight excluding hydrogens is 367 g/mol. The number of nitrogens with zero attached hydrogens (tertiary/aromatic N) is 1. The average Bonchev–Trinajstić information content (AvgIpc) is 2.74. The van der Waals surface area contributed by atoms with Crippen LogP contribution in [0.1, 0.15) is 10.6 Å². The van der Waals surface area contributed by atoms with E-state index in [-0.39, 0.29) is 26.3 Å². The molecule has 124 valence electrons. The Labute approximate surface area is 135 Å². The second-order valence-corrected chi connectivity index (χ2v) is 5.06. The van der Waals surface area contributed by atoms with E-state index in [0.29, 0.717) is 12.3 Å². The quantitative estimate of drug-likeness (QED) is 0.835. The number of carbonyl (C=O) groups excluding carboxylic acids is 1. The van der Waals surface area contributed by atoms with Crippen LogP contribution < -0.4 is 10.9 Å². The third-order valence-electron chi connectivity index (χ3n) is 2.52. The Hall–Kier alpha value is -2.00. The summed E-state index contributed by atoms with van der Waals surface area (Å²) in [4.78, 5) is 23.1. The van der Waals surface area contributed by atoms with Crippen LogP contribution in [0.25, 0.3) is 0 Å². The Morgan fingerprint density at radius 1 is 1.30 bits per heavy atom. The van der Waals surface area contributed by atoms with Crippen LogP contribution in [0.4, 0.5) is 23.2 Å². The van der Waals surface area contributed by atoms with E-state index in [0.717, 1.165) is 6.07 Å². The number of halogens is 6. The predicted molar refractivity (Wildman–Crippen MR) is 73.4 cm³/mol. The number of furan rings is 1. The maximum absolute atomic E-state index is 13.4. The number of hydrogen-bond donors (Lipinski definition) is 1. The van der Waals surface area contributed by atoms with Gasteiger partial charge in [0.1, 0.15) is 6.54 Å². The van der Waals surface area contributed by atoms with Gasteiger partial charge in [-0.25, -0.2) is 4.39 Å². The Morgan fingerprint density at radius 3 is 2.48 bits per heavy atom. The van der Waals surface area contributed by atoms with Crippen molar-refractivity contribution in [3.05, 3.63) is 50.5 Å². The molecule has 2 rings (SSSR count). The predicted octanol–water partition coefficient (Wildman–Crippen LogP) is 3.70. The van der Waals surface area contributed by atoms with E-state index in [1.54, 1.807) is 0 Å². The standard InChI is InChI=1S/C12H6Cl2F4N2O3/c13-6-2-8(23-9(6)14)10(21)19-5-1-7(15)11(22)20(3-5)4-12(16,17)18/h1-3H,4H2,(H,19,21). The topological polar surface area (TPSA) is 64.2 Å². The van der Waals surface area contributed by atoms with Crippen molar-refractivity contribution in [1.82, 2.24) is 4.57 Å². The maximum Gasteiger partial charge on any atom is 0.406 e.